The molecule has 1 aromatic rings. The van der Waals surface area contributed by atoms with Gasteiger partial charge in [0.1, 0.15) is 11.3 Å². The van der Waals surface area contributed by atoms with Crippen molar-refractivity contribution in [2.45, 2.75) is 17.7 Å². The smallest absolute Gasteiger partial charge is 0.339 e. The van der Waals surface area contributed by atoms with Crippen molar-refractivity contribution in [2.24, 2.45) is 5.92 Å². The van der Waals surface area contributed by atoms with Crippen LogP contribution in [0.15, 0.2) is 23.1 Å². The van der Waals surface area contributed by atoms with E-state index in [2.05, 4.69) is 0 Å². The van der Waals surface area contributed by atoms with Crippen LogP contribution in [0.25, 0.3) is 0 Å². The summed E-state index contributed by atoms with van der Waals surface area (Å²) in [7, 11) is -2.17. The van der Waals surface area contributed by atoms with E-state index in [1.54, 1.807) is 0 Å². The quantitative estimate of drug-likeness (QED) is 0.887. The van der Waals surface area contributed by atoms with E-state index in [1.165, 1.54) is 19.2 Å². The maximum Gasteiger partial charge on any atom is 0.339 e. The Labute approximate surface area is 123 Å². The molecule has 7 heteroatoms. The first-order valence-electron chi connectivity index (χ1n) is 6.66. The summed E-state index contributed by atoms with van der Waals surface area (Å²) in [6.07, 6.45) is 1.42. The third-order valence-corrected chi connectivity index (χ3v) is 5.44. The highest BCUT2D eigenvalue weighted by Crippen LogP contribution is 2.26. The Morgan fingerprint density at radius 3 is 2.62 bits per heavy atom. The van der Waals surface area contributed by atoms with Crippen molar-refractivity contribution in [1.29, 1.82) is 0 Å². The summed E-state index contributed by atoms with van der Waals surface area (Å²) in [4.78, 5) is 11.2. The van der Waals surface area contributed by atoms with Crippen LogP contribution in [0.3, 0.4) is 0 Å². The first-order chi connectivity index (χ1) is 9.94. The van der Waals surface area contributed by atoms with Crippen LogP contribution in [0.4, 0.5) is 0 Å². The fourth-order valence-corrected chi connectivity index (χ4v) is 4.09. The third-order valence-electron chi connectivity index (χ3n) is 3.56. The largest absolute Gasteiger partial charge is 0.496 e. The summed E-state index contributed by atoms with van der Waals surface area (Å²) in [5.74, 6) is -0.997. The van der Waals surface area contributed by atoms with Gasteiger partial charge < -0.3 is 14.6 Å². The minimum atomic E-state index is -3.52. The highest BCUT2D eigenvalue weighted by atomic mass is 32.2. The number of ether oxygens (including phenoxy) is 2. The molecule has 0 aliphatic carbocycles. The summed E-state index contributed by atoms with van der Waals surface area (Å²) in [6.45, 7) is 1.15. The predicted molar refractivity (Wildman–Crippen MR) is 75.5 cm³/mol. The van der Waals surface area contributed by atoms with Gasteiger partial charge in [0.2, 0.25) is 0 Å². The normalized spacial score (nSPS) is 16.6. The monoisotopic (exact) mass is 314 g/mol. The summed E-state index contributed by atoms with van der Waals surface area (Å²) in [6, 6.07) is 3.93. The van der Waals surface area contributed by atoms with Crippen molar-refractivity contribution in [1.82, 2.24) is 0 Å². The average molecular weight is 314 g/mol. The molecular weight excluding hydrogens is 296 g/mol. The van der Waals surface area contributed by atoms with E-state index < -0.39 is 15.8 Å². The van der Waals surface area contributed by atoms with E-state index in [-0.39, 0.29) is 27.9 Å². The molecule has 0 aromatic heterocycles. The van der Waals surface area contributed by atoms with E-state index in [0.29, 0.717) is 26.1 Å². The SMILES string of the molecule is COc1ccc(S(=O)(=O)CC2CCOCC2)cc1C(=O)O. The zero-order chi connectivity index (χ0) is 15.5. The van der Waals surface area contributed by atoms with Gasteiger partial charge in [0.25, 0.3) is 0 Å². The van der Waals surface area contributed by atoms with E-state index in [9.17, 15) is 13.2 Å². The second kappa shape index (κ2) is 6.44. The summed E-state index contributed by atoms with van der Waals surface area (Å²) >= 11 is 0. The standard InChI is InChI=1S/C14H18O6S/c1-19-13-3-2-11(8-12(13)14(15)16)21(17,18)9-10-4-6-20-7-5-10/h2-3,8,10H,4-7,9H2,1H3,(H,15,16). The molecule has 1 N–H and O–H groups in total. The third kappa shape index (κ3) is 3.74. The summed E-state index contributed by atoms with van der Waals surface area (Å²) < 4.78 is 34.9. The van der Waals surface area contributed by atoms with Crippen LogP contribution in [-0.2, 0) is 14.6 Å². The lowest BCUT2D eigenvalue weighted by Gasteiger charge is -2.21. The Bertz CT molecular complexity index is 616. The molecule has 0 bridgehead atoms. The van der Waals surface area contributed by atoms with Gasteiger partial charge in [-0.15, -0.1) is 0 Å². The van der Waals surface area contributed by atoms with Crippen molar-refractivity contribution >= 4 is 15.8 Å². The Morgan fingerprint density at radius 2 is 2.05 bits per heavy atom. The van der Waals surface area contributed by atoms with Crippen LogP contribution < -0.4 is 4.74 Å². The first kappa shape index (κ1) is 15.8. The van der Waals surface area contributed by atoms with Gasteiger partial charge in [-0.25, -0.2) is 13.2 Å². The van der Waals surface area contributed by atoms with Gasteiger partial charge in [0.05, 0.1) is 17.8 Å². The van der Waals surface area contributed by atoms with Crippen LogP contribution in [0.2, 0.25) is 0 Å². The van der Waals surface area contributed by atoms with Crippen LogP contribution in [0.1, 0.15) is 23.2 Å². The molecular formula is C14H18O6S. The van der Waals surface area contributed by atoms with Gasteiger partial charge in [0.15, 0.2) is 9.84 Å². The molecule has 21 heavy (non-hydrogen) atoms. The minimum Gasteiger partial charge on any atom is -0.496 e. The Morgan fingerprint density at radius 1 is 1.38 bits per heavy atom. The number of carboxylic acid groups (broad SMARTS) is 1. The zero-order valence-electron chi connectivity index (χ0n) is 11.7. The minimum absolute atomic E-state index is 0.0156. The molecule has 1 saturated heterocycles. The Balaban J connectivity index is 2.27. The molecule has 0 spiro atoms. The number of rotatable bonds is 5. The van der Waals surface area contributed by atoms with Gasteiger partial charge in [-0.05, 0) is 37.0 Å². The molecule has 1 aliphatic heterocycles. The number of aromatic carboxylic acids is 1. The first-order valence-corrected chi connectivity index (χ1v) is 8.31. The zero-order valence-corrected chi connectivity index (χ0v) is 12.6. The summed E-state index contributed by atoms with van der Waals surface area (Å²) in [5, 5.41) is 9.12. The van der Waals surface area contributed by atoms with Crippen molar-refractivity contribution in [3.63, 3.8) is 0 Å². The molecule has 0 radical (unpaired) electrons. The Hall–Kier alpha value is -1.60. The van der Waals surface area contributed by atoms with Gasteiger partial charge in [-0.1, -0.05) is 0 Å². The van der Waals surface area contributed by atoms with Crippen LogP contribution in [0, 0.1) is 5.92 Å². The number of benzene rings is 1. The highest BCUT2D eigenvalue weighted by molar-refractivity contribution is 7.91. The molecule has 116 valence electrons. The number of sulfone groups is 1. The molecule has 6 nitrogen and oxygen atoms in total. The molecule has 1 aromatic carbocycles. The fraction of sp³-hybridized carbons (Fsp3) is 0.500. The van der Waals surface area contributed by atoms with Crippen molar-refractivity contribution < 1.29 is 27.8 Å². The van der Waals surface area contributed by atoms with Crippen LogP contribution in [0.5, 0.6) is 5.75 Å². The highest BCUT2D eigenvalue weighted by Gasteiger charge is 2.25. The average Bonchev–Trinajstić information content (AvgIpc) is 2.47. The number of carbonyl (C=O) groups is 1. The van der Waals surface area contributed by atoms with Gasteiger partial charge in [-0.3, -0.25) is 0 Å². The number of hydrogen-bond acceptors (Lipinski definition) is 5. The second-order valence-electron chi connectivity index (χ2n) is 5.00. The molecule has 1 fully saturated rings. The molecule has 0 amide bonds. The second-order valence-corrected chi connectivity index (χ2v) is 7.04. The van der Waals surface area contributed by atoms with Crippen molar-refractivity contribution in [2.75, 3.05) is 26.1 Å². The Kier molecular flexibility index (Phi) is 4.84. The lowest BCUT2D eigenvalue weighted by molar-refractivity contribution is 0.0693. The molecule has 0 unspecified atom stereocenters. The predicted octanol–water partition coefficient (Wildman–Crippen LogP) is 1.59. The van der Waals surface area contributed by atoms with Crippen LogP contribution in [-0.4, -0.2) is 45.6 Å². The topological polar surface area (TPSA) is 89.9 Å². The number of methoxy groups -OCH3 is 1. The summed E-state index contributed by atoms with van der Waals surface area (Å²) in [5.41, 5.74) is -0.148. The van der Waals surface area contributed by atoms with Crippen molar-refractivity contribution in [3.05, 3.63) is 23.8 Å². The van der Waals surface area contributed by atoms with E-state index in [1.807, 2.05) is 0 Å². The fourth-order valence-electron chi connectivity index (χ4n) is 2.37. The number of hydrogen-bond donors (Lipinski definition) is 1. The van der Waals surface area contributed by atoms with E-state index in [0.717, 1.165) is 6.07 Å². The van der Waals surface area contributed by atoms with Gasteiger partial charge >= 0.3 is 5.97 Å². The molecule has 2 rings (SSSR count). The van der Waals surface area contributed by atoms with E-state index >= 15 is 0 Å². The molecule has 0 saturated carbocycles. The number of carboxylic acids is 1. The lowest BCUT2D eigenvalue weighted by Crippen LogP contribution is -2.23. The van der Waals surface area contributed by atoms with Gasteiger partial charge in [-0.2, -0.15) is 0 Å². The van der Waals surface area contributed by atoms with Crippen molar-refractivity contribution in [3.8, 4) is 5.75 Å². The van der Waals surface area contributed by atoms with Gasteiger partial charge in [0, 0.05) is 13.2 Å². The molecule has 1 aliphatic rings. The van der Waals surface area contributed by atoms with E-state index in [4.69, 9.17) is 14.6 Å². The maximum absolute atomic E-state index is 12.4. The van der Waals surface area contributed by atoms with Crippen LogP contribution >= 0.6 is 0 Å². The maximum atomic E-state index is 12.4. The lowest BCUT2D eigenvalue weighted by atomic mass is 10.0. The molecule has 1 heterocycles. The molecule has 0 atom stereocenters.